The third kappa shape index (κ3) is 5.79. The van der Waals surface area contributed by atoms with E-state index in [1.165, 1.54) is 5.56 Å². The Morgan fingerprint density at radius 3 is 2.30 bits per heavy atom. The summed E-state index contributed by atoms with van der Waals surface area (Å²) in [5.74, 6) is 0. The zero-order valence-corrected chi connectivity index (χ0v) is 13.4. The highest BCUT2D eigenvalue weighted by Crippen LogP contribution is 2.14. The van der Waals surface area contributed by atoms with E-state index in [0.29, 0.717) is 0 Å². The normalized spacial score (nSPS) is 12.6. The SMILES string of the molecule is CO[Si](CCCN=CC=Cc1ccccc1)(OC)OC. The van der Waals surface area contributed by atoms with E-state index in [1.807, 2.05) is 36.6 Å². The van der Waals surface area contributed by atoms with Gasteiger partial charge in [-0.15, -0.1) is 0 Å². The predicted molar refractivity (Wildman–Crippen MR) is 85.0 cm³/mol. The molecule has 0 heterocycles. The van der Waals surface area contributed by atoms with Gasteiger partial charge in [0.15, 0.2) is 0 Å². The lowest BCUT2D eigenvalue weighted by atomic mass is 10.2. The van der Waals surface area contributed by atoms with Gasteiger partial charge in [-0.2, -0.15) is 0 Å². The van der Waals surface area contributed by atoms with E-state index in [-0.39, 0.29) is 0 Å². The van der Waals surface area contributed by atoms with Crippen LogP contribution in [0.2, 0.25) is 6.04 Å². The minimum atomic E-state index is -2.43. The highest BCUT2D eigenvalue weighted by molar-refractivity contribution is 6.60. The van der Waals surface area contributed by atoms with Crippen molar-refractivity contribution in [3.63, 3.8) is 0 Å². The molecule has 0 saturated heterocycles. The molecule has 0 amide bonds. The average Bonchev–Trinajstić information content (AvgIpc) is 2.52. The summed E-state index contributed by atoms with van der Waals surface area (Å²) in [6.45, 7) is 0.740. The van der Waals surface area contributed by atoms with Gasteiger partial charge in [0.1, 0.15) is 0 Å². The third-order valence-corrected chi connectivity index (χ3v) is 5.81. The van der Waals surface area contributed by atoms with E-state index in [9.17, 15) is 0 Å². The summed E-state index contributed by atoms with van der Waals surface area (Å²) in [4.78, 5) is 4.34. The summed E-state index contributed by atoms with van der Waals surface area (Å²) in [7, 11) is 2.46. The Kier molecular flexibility index (Phi) is 8.06. The Morgan fingerprint density at radius 2 is 1.70 bits per heavy atom. The fourth-order valence-corrected chi connectivity index (χ4v) is 3.50. The number of hydrogen-bond acceptors (Lipinski definition) is 4. The minimum Gasteiger partial charge on any atom is -0.377 e. The molecule has 1 aromatic carbocycles. The monoisotopic (exact) mass is 293 g/mol. The van der Waals surface area contributed by atoms with Gasteiger partial charge in [-0.3, -0.25) is 4.99 Å². The van der Waals surface area contributed by atoms with Crippen molar-refractivity contribution in [2.75, 3.05) is 27.9 Å². The van der Waals surface area contributed by atoms with Crippen molar-refractivity contribution in [3.05, 3.63) is 42.0 Å². The van der Waals surface area contributed by atoms with E-state index < -0.39 is 8.80 Å². The lowest BCUT2D eigenvalue weighted by Crippen LogP contribution is -2.42. The maximum atomic E-state index is 5.35. The van der Waals surface area contributed by atoms with E-state index in [2.05, 4.69) is 17.1 Å². The number of allylic oxidation sites excluding steroid dienone is 1. The summed E-state index contributed by atoms with van der Waals surface area (Å²) < 4.78 is 16.1. The first-order chi connectivity index (χ1) is 9.76. The molecule has 110 valence electrons. The average molecular weight is 293 g/mol. The van der Waals surface area contributed by atoms with E-state index in [0.717, 1.165) is 19.0 Å². The van der Waals surface area contributed by atoms with E-state index >= 15 is 0 Å². The maximum absolute atomic E-state index is 5.35. The molecule has 1 rings (SSSR count). The van der Waals surface area contributed by atoms with Gasteiger partial charge in [-0.05, 0) is 18.1 Å². The lowest BCUT2D eigenvalue weighted by molar-refractivity contribution is 0.123. The quantitative estimate of drug-likeness (QED) is 0.399. The van der Waals surface area contributed by atoms with Gasteiger partial charge >= 0.3 is 8.80 Å². The van der Waals surface area contributed by atoms with Crippen LogP contribution in [-0.4, -0.2) is 42.9 Å². The predicted octanol–water partition coefficient (Wildman–Crippen LogP) is 3.04. The van der Waals surface area contributed by atoms with Crippen LogP contribution < -0.4 is 0 Å². The molecule has 0 saturated carbocycles. The molecule has 0 aliphatic heterocycles. The van der Waals surface area contributed by atoms with Crippen molar-refractivity contribution in [3.8, 4) is 0 Å². The molecule has 0 spiro atoms. The first-order valence-electron chi connectivity index (χ1n) is 6.63. The van der Waals surface area contributed by atoms with Gasteiger partial charge in [-0.25, -0.2) is 0 Å². The van der Waals surface area contributed by atoms with Gasteiger partial charge in [-0.1, -0.05) is 36.4 Å². The number of rotatable bonds is 9. The highest BCUT2D eigenvalue weighted by Gasteiger charge is 2.36. The number of hydrogen-bond donors (Lipinski definition) is 0. The second-order valence-electron chi connectivity index (χ2n) is 4.22. The Labute approximate surface area is 122 Å². The molecule has 20 heavy (non-hydrogen) atoms. The van der Waals surface area contributed by atoms with Crippen LogP contribution in [0, 0.1) is 0 Å². The molecule has 5 heteroatoms. The van der Waals surface area contributed by atoms with Crippen molar-refractivity contribution < 1.29 is 13.3 Å². The van der Waals surface area contributed by atoms with Crippen LogP contribution in [0.4, 0.5) is 0 Å². The van der Waals surface area contributed by atoms with Gasteiger partial charge < -0.3 is 13.3 Å². The minimum absolute atomic E-state index is 0.740. The van der Waals surface area contributed by atoms with Crippen LogP contribution in [0.25, 0.3) is 6.08 Å². The van der Waals surface area contributed by atoms with Gasteiger partial charge in [0, 0.05) is 40.1 Å². The van der Waals surface area contributed by atoms with Crippen LogP contribution in [-0.2, 0) is 13.3 Å². The highest BCUT2D eigenvalue weighted by atomic mass is 28.4. The summed E-state index contributed by atoms with van der Waals surface area (Å²) in [5, 5.41) is 0. The van der Waals surface area contributed by atoms with Crippen LogP contribution in [0.15, 0.2) is 41.4 Å². The molecule has 0 aromatic heterocycles. The van der Waals surface area contributed by atoms with E-state index in [1.54, 1.807) is 21.3 Å². The summed E-state index contributed by atoms with van der Waals surface area (Å²) in [6.07, 6.45) is 6.69. The largest absolute Gasteiger partial charge is 0.500 e. The molecular formula is C15H23NO3Si. The van der Waals surface area contributed by atoms with Crippen LogP contribution >= 0.6 is 0 Å². The van der Waals surface area contributed by atoms with Gasteiger partial charge in [0.2, 0.25) is 0 Å². The fourth-order valence-electron chi connectivity index (χ4n) is 1.80. The van der Waals surface area contributed by atoms with Crippen LogP contribution in [0.1, 0.15) is 12.0 Å². The van der Waals surface area contributed by atoms with Crippen molar-refractivity contribution in [1.82, 2.24) is 0 Å². The van der Waals surface area contributed by atoms with Crippen molar-refractivity contribution in [2.24, 2.45) is 4.99 Å². The first kappa shape index (κ1) is 16.8. The summed E-state index contributed by atoms with van der Waals surface area (Å²) >= 11 is 0. The summed E-state index contributed by atoms with van der Waals surface area (Å²) in [6, 6.07) is 10.9. The van der Waals surface area contributed by atoms with Gasteiger partial charge in [0.25, 0.3) is 0 Å². The van der Waals surface area contributed by atoms with Crippen molar-refractivity contribution >= 4 is 21.1 Å². The Morgan fingerprint density at radius 1 is 1.05 bits per heavy atom. The number of aliphatic imine (C=N–C) groups is 1. The smallest absolute Gasteiger partial charge is 0.377 e. The molecule has 0 aliphatic carbocycles. The Hall–Kier alpha value is -1.27. The van der Waals surface area contributed by atoms with E-state index in [4.69, 9.17) is 13.3 Å². The molecule has 0 aliphatic rings. The van der Waals surface area contributed by atoms with Crippen molar-refractivity contribution in [2.45, 2.75) is 12.5 Å². The van der Waals surface area contributed by atoms with Crippen LogP contribution in [0.5, 0.6) is 0 Å². The molecule has 1 aromatic rings. The topological polar surface area (TPSA) is 40.0 Å². The standard InChI is InChI=1S/C15H23NO3Si/c1-17-20(18-2,19-3)14-8-13-16-12-7-11-15-9-5-4-6-10-15/h4-7,9-12H,8,13-14H2,1-3H3. The van der Waals surface area contributed by atoms with Crippen molar-refractivity contribution in [1.29, 1.82) is 0 Å². The zero-order valence-electron chi connectivity index (χ0n) is 12.4. The van der Waals surface area contributed by atoms with Crippen LogP contribution in [0.3, 0.4) is 0 Å². The maximum Gasteiger partial charge on any atom is 0.500 e. The molecule has 0 atom stereocenters. The Bertz CT molecular complexity index is 408. The molecule has 0 bridgehead atoms. The molecule has 4 nitrogen and oxygen atoms in total. The second kappa shape index (κ2) is 9.60. The second-order valence-corrected chi connectivity index (χ2v) is 7.31. The third-order valence-electron chi connectivity index (χ3n) is 2.98. The molecule has 0 fully saturated rings. The molecule has 0 radical (unpaired) electrons. The Balaban J connectivity index is 2.27. The lowest BCUT2D eigenvalue weighted by Gasteiger charge is -2.23. The first-order valence-corrected chi connectivity index (χ1v) is 8.56. The van der Waals surface area contributed by atoms with Gasteiger partial charge in [0.05, 0.1) is 0 Å². The summed E-state index contributed by atoms with van der Waals surface area (Å²) in [5.41, 5.74) is 1.17. The number of benzene rings is 1. The number of nitrogens with zero attached hydrogens (tertiary/aromatic N) is 1. The molecular weight excluding hydrogens is 270 g/mol. The fraction of sp³-hybridized carbons (Fsp3) is 0.400. The molecule has 0 N–H and O–H groups in total. The molecule has 0 unspecified atom stereocenters. The zero-order chi connectivity index (χ0) is 14.7.